The molecule has 0 bridgehead atoms. The first-order valence-corrected chi connectivity index (χ1v) is 8.00. The van der Waals surface area contributed by atoms with Crippen LogP contribution in [0.1, 0.15) is 22.3 Å². The van der Waals surface area contributed by atoms with Crippen molar-refractivity contribution in [3.63, 3.8) is 0 Å². The summed E-state index contributed by atoms with van der Waals surface area (Å²) < 4.78 is 0. The highest BCUT2D eigenvalue weighted by atomic mass is 35.5. The number of hydrogen-bond acceptors (Lipinski definition) is 3. The molecule has 2 N–H and O–H groups in total. The van der Waals surface area contributed by atoms with Crippen LogP contribution in [0.3, 0.4) is 0 Å². The maximum Gasteiger partial charge on any atom is 0.129 e. The summed E-state index contributed by atoms with van der Waals surface area (Å²) in [5.74, 6) is 0.915. The number of H-pyrrole nitrogens is 1. The Morgan fingerprint density at radius 1 is 1.25 bits per heavy atom. The summed E-state index contributed by atoms with van der Waals surface area (Å²) in [7, 11) is 0. The van der Waals surface area contributed by atoms with Crippen LogP contribution in [-0.2, 0) is 6.42 Å². The Morgan fingerprint density at radius 2 is 2.10 bits per heavy atom. The van der Waals surface area contributed by atoms with Crippen molar-refractivity contribution in [2.24, 2.45) is 0 Å². The second kappa shape index (κ2) is 4.74. The Labute approximate surface area is 129 Å². The van der Waals surface area contributed by atoms with Gasteiger partial charge in [-0.05, 0) is 35.6 Å². The van der Waals surface area contributed by atoms with Crippen molar-refractivity contribution in [1.29, 1.82) is 0 Å². The topological polar surface area (TPSA) is 40.7 Å². The first-order valence-electron chi connectivity index (χ1n) is 6.36. The van der Waals surface area contributed by atoms with Crippen LogP contribution >= 0.6 is 34.5 Å². The molecule has 3 heterocycles. The van der Waals surface area contributed by atoms with E-state index in [1.54, 1.807) is 6.07 Å². The molecule has 0 saturated carbocycles. The first kappa shape index (κ1) is 12.7. The minimum atomic E-state index is 0.120. The normalized spacial score (nSPS) is 18.4. The summed E-state index contributed by atoms with van der Waals surface area (Å²) in [5.41, 5.74) is 3.08. The maximum atomic E-state index is 6.05. The minimum absolute atomic E-state index is 0.120. The second-order valence-electron chi connectivity index (χ2n) is 4.84. The van der Waals surface area contributed by atoms with E-state index in [9.17, 15) is 0 Å². The molecule has 1 unspecified atom stereocenters. The van der Waals surface area contributed by atoms with Crippen LogP contribution in [0.5, 0.6) is 0 Å². The van der Waals surface area contributed by atoms with Gasteiger partial charge < -0.3 is 10.3 Å². The van der Waals surface area contributed by atoms with Crippen LogP contribution in [0.4, 0.5) is 0 Å². The molecule has 6 heteroatoms. The fraction of sp³-hybridized carbons (Fsp3) is 0.214. The quantitative estimate of drug-likeness (QED) is 0.705. The number of nitrogens with one attached hydrogen (secondary N) is 2. The van der Waals surface area contributed by atoms with Gasteiger partial charge in [0.25, 0.3) is 0 Å². The van der Waals surface area contributed by atoms with Crippen LogP contribution in [0.15, 0.2) is 23.6 Å². The van der Waals surface area contributed by atoms with E-state index < -0.39 is 0 Å². The lowest BCUT2D eigenvalue weighted by atomic mass is 10.0. The summed E-state index contributed by atoms with van der Waals surface area (Å²) in [4.78, 5) is 9.45. The average molecular weight is 324 g/mol. The molecule has 3 nitrogen and oxygen atoms in total. The summed E-state index contributed by atoms with van der Waals surface area (Å²) in [5, 5.41) is 6.73. The summed E-state index contributed by atoms with van der Waals surface area (Å²) in [6.07, 6.45) is 1.08. The van der Waals surface area contributed by atoms with Gasteiger partial charge in [0.15, 0.2) is 0 Å². The molecule has 0 radical (unpaired) electrons. The molecule has 1 aliphatic heterocycles. The molecule has 2 aromatic heterocycles. The standard InChI is InChI=1S/C14H11Cl2N3S/c15-8-5-10-11(6-9(8)16)19-14(18-10)13-7-2-4-20-12(7)1-3-17-13/h2,4-6,13,17H,1,3H2,(H,18,19). The van der Waals surface area contributed by atoms with E-state index in [0.717, 1.165) is 29.8 Å². The van der Waals surface area contributed by atoms with Gasteiger partial charge in [0.05, 0.1) is 27.1 Å². The van der Waals surface area contributed by atoms with Gasteiger partial charge in [-0.2, -0.15) is 0 Å². The number of rotatable bonds is 1. The molecule has 1 atom stereocenters. The van der Waals surface area contributed by atoms with Gasteiger partial charge in [0.1, 0.15) is 5.82 Å². The van der Waals surface area contributed by atoms with E-state index in [1.807, 2.05) is 17.4 Å². The van der Waals surface area contributed by atoms with Crippen LogP contribution in [0.2, 0.25) is 10.0 Å². The lowest BCUT2D eigenvalue weighted by Gasteiger charge is -2.22. The third-order valence-electron chi connectivity index (χ3n) is 3.61. The van der Waals surface area contributed by atoms with Gasteiger partial charge >= 0.3 is 0 Å². The van der Waals surface area contributed by atoms with E-state index in [1.165, 1.54) is 10.4 Å². The zero-order valence-corrected chi connectivity index (χ0v) is 12.7. The Kier molecular flexibility index (Phi) is 3.00. The van der Waals surface area contributed by atoms with Gasteiger partial charge in [-0.1, -0.05) is 23.2 Å². The monoisotopic (exact) mass is 323 g/mol. The Balaban J connectivity index is 1.84. The van der Waals surface area contributed by atoms with Crippen molar-refractivity contribution in [3.05, 3.63) is 49.9 Å². The number of fused-ring (bicyclic) bond motifs is 2. The molecule has 0 aliphatic carbocycles. The van der Waals surface area contributed by atoms with Gasteiger partial charge in [-0.15, -0.1) is 11.3 Å². The van der Waals surface area contributed by atoms with Crippen LogP contribution in [0, 0.1) is 0 Å². The highest BCUT2D eigenvalue weighted by Crippen LogP contribution is 2.33. The van der Waals surface area contributed by atoms with Crippen molar-refractivity contribution in [1.82, 2.24) is 15.3 Å². The Hall–Kier alpha value is -1.07. The van der Waals surface area contributed by atoms with E-state index in [4.69, 9.17) is 23.2 Å². The molecule has 0 amide bonds. The molecule has 20 heavy (non-hydrogen) atoms. The fourth-order valence-corrected chi connectivity index (χ4v) is 3.90. The molecule has 0 saturated heterocycles. The van der Waals surface area contributed by atoms with Crippen LogP contribution in [-0.4, -0.2) is 16.5 Å². The maximum absolute atomic E-state index is 6.05. The third-order valence-corrected chi connectivity index (χ3v) is 5.33. The SMILES string of the molecule is Clc1cc2nc(C3NCCc4sccc43)[nH]c2cc1Cl. The zero-order valence-electron chi connectivity index (χ0n) is 10.4. The van der Waals surface area contributed by atoms with Crippen molar-refractivity contribution < 1.29 is 0 Å². The van der Waals surface area contributed by atoms with Crippen molar-refractivity contribution in [2.75, 3.05) is 6.54 Å². The largest absolute Gasteiger partial charge is 0.340 e. The summed E-state index contributed by atoms with van der Waals surface area (Å²) >= 11 is 13.9. The van der Waals surface area contributed by atoms with E-state index in [0.29, 0.717) is 10.0 Å². The smallest absolute Gasteiger partial charge is 0.129 e. The third kappa shape index (κ3) is 1.95. The Bertz CT molecular complexity index is 754. The molecule has 1 aromatic carbocycles. The van der Waals surface area contributed by atoms with E-state index in [-0.39, 0.29) is 6.04 Å². The summed E-state index contributed by atoms with van der Waals surface area (Å²) in [6.45, 7) is 0.969. The number of aromatic amines is 1. The molecular weight excluding hydrogens is 313 g/mol. The van der Waals surface area contributed by atoms with E-state index in [2.05, 4.69) is 26.7 Å². The molecule has 0 spiro atoms. The highest BCUT2D eigenvalue weighted by molar-refractivity contribution is 7.10. The van der Waals surface area contributed by atoms with Crippen molar-refractivity contribution in [2.45, 2.75) is 12.5 Å². The van der Waals surface area contributed by atoms with Gasteiger partial charge in [-0.3, -0.25) is 0 Å². The number of imidazole rings is 1. The average Bonchev–Trinajstić information content (AvgIpc) is 3.05. The van der Waals surface area contributed by atoms with E-state index >= 15 is 0 Å². The number of benzene rings is 1. The predicted octanol–water partition coefficient (Wildman–Crippen LogP) is 4.17. The molecular formula is C14H11Cl2N3S. The molecule has 3 aromatic rings. The highest BCUT2D eigenvalue weighted by Gasteiger charge is 2.24. The predicted molar refractivity (Wildman–Crippen MR) is 84.0 cm³/mol. The van der Waals surface area contributed by atoms with Gasteiger partial charge in [-0.25, -0.2) is 4.98 Å². The first-order chi connectivity index (χ1) is 9.72. The van der Waals surface area contributed by atoms with Gasteiger partial charge in [0.2, 0.25) is 0 Å². The molecule has 0 fully saturated rings. The fourth-order valence-electron chi connectivity index (χ4n) is 2.66. The number of thiophene rings is 1. The van der Waals surface area contributed by atoms with Crippen molar-refractivity contribution >= 4 is 45.6 Å². The number of hydrogen-bond donors (Lipinski definition) is 2. The van der Waals surface area contributed by atoms with Crippen molar-refractivity contribution in [3.8, 4) is 0 Å². The number of nitrogens with zero attached hydrogens (tertiary/aromatic N) is 1. The number of halogens is 2. The number of aromatic nitrogens is 2. The molecule has 1 aliphatic rings. The summed E-state index contributed by atoms with van der Waals surface area (Å²) in [6, 6.07) is 5.92. The molecule has 102 valence electrons. The minimum Gasteiger partial charge on any atom is -0.340 e. The lowest BCUT2D eigenvalue weighted by molar-refractivity contribution is 0.555. The van der Waals surface area contributed by atoms with Crippen LogP contribution in [0.25, 0.3) is 11.0 Å². The van der Waals surface area contributed by atoms with Crippen LogP contribution < -0.4 is 5.32 Å². The Morgan fingerprint density at radius 3 is 3.00 bits per heavy atom. The zero-order chi connectivity index (χ0) is 13.7. The lowest BCUT2D eigenvalue weighted by Crippen LogP contribution is -2.30. The molecule has 4 rings (SSSR count). The van der Waals surface area contributed by atoms with Gasteiger partial charge in [0, 0.05) is 11.4 Å². The second-order valence-corrected chi connectivity index (χ2v) is 6.66.